The Labute approximate surface area is 114 Å². The first-order chi connectivity index (χ1) is 8.60. The standard InChI is InChI=1S/C12H17F2NO3S/c1-7-5-8(18-11(13)14)9(19-7)10(16)15(4)6-12(2,3)17/h5,11,17H,6H2,1-4H3. The Morgan fingerprint density at radius 2 is 2.16 bits per heavy atom. The molecule has 0 aliphatic heterocycles. The van der Waals surface area contributed by atoms with Crippen molar-refractivity contribution in [1.29, 1.82) is 0 Å². The molecule has 1 N–H and O–H groups in total. The van der Waals surface area contributed by atoms with E-state index in [9.17, 15) is 18.7 Å². The van der Waals surface area contributed by atoms with Crippen LogP contribution >= 0.6 is 11.3 Å². The van der Waals surface area contributed by atoms with Crippen LogP contribution in [0, 0.1) is 6.92 Å². The number of aliphatic hydroxyl groups is 1. The second kappa shape index (κ2) is 5.83. The van der Waals surface area contributed by atoms with Gasteiger partial charge >= 0.3 is 6.61 Å². The van der Waals surface area contributed by atoms with Gasteiger partial charge in [0.15, 0.2) is 0 Å². The minimum Gasteiger partial charge on any atom is -0.433 e. The predicted octanol–water partition coefficient (Wildman–Crippen LogP) is 2.50. The summed E-state index contributed by atoms with van der Waals surface area (Å²) in [6, 6.07) is 1.40. The van der Waals surface area contributed by atoms with E-state index in [-0.39, 0.29) is 17.2 Å². The summed E-state index contributed by atoms with van der Waals surface area (Å²) in [4.78, 5) is 14.2. The number of hydrogen-bond donors (Lipinski definition) is 1. The van der Waals surface area contributed by atoms with Gasteiger partial charge in [0.2, 0.25) is 0 Å². The van der Waals surface area contributed by atoms with Crippen LogP contribution in [0.3, 0.4) is 0 Å². The van der Waals surface area contributed by atoms with Crippen molar-refractivity contribution in [3.05, 3.63) is 15.8 Å². The summed E-state index contributed by atoms with van der Waals surface area (Å²) in [5, 5.41) is 9.66. The molecule has 1 heterocycles. The fourth-order valence-corrected chi connectivity index (χ4v) is 2.59. The summed E-state index contributed by atoms with van der Waals surface area (Å²) in [5.41, 5.74) is -1.06. The lowest BCUT2D eigenvalue weighted by Crippen LogP contribution is -2.39. The van der Waals surface area contributed by atoms with E-state index in [0.717, 1.165) is 11.3 Å². The number of aryl methyl sites for hydroxylation is 1. The fraction of sp³-hybridized carbons (Fsp3) is 0.583. The summed E-state index contributed by atoms with van der Waals surface area (Å²) >= 11 is 1.09. The smallest absolute Gasteiger partial charge is 0.387 e. The van der Waals surface area contributed by atoms with E-state index in [1.54, 1.807) is 20.8 Å². The third-order valence-electron chi connectivity index (χ3n) is 2.20. The second-order valence-electron chi connectivity index (χ2n) is 4.90. The molecule has 0 unspecified atom stereocenters. The molecule has 1 aromatic heterocycles. The van der Waals surface area contributed by atoms with Crippen LogP contribution in [0.25, 0.3) is 0 Å². The Morgan fingerprint density at radius 3 is 2.63 bits per heavy atom. The molecule has 19 heavy (non-hydrogen) atoms. The minimum atomic E-state index is -2.97. The van der Waals surface area contributed by atoms with Crippen LogP contribution in [0.1, 0.15) is 28.4 Å². The van der Waals surface area contributed by atoms with Crippen molar-refractivity contribution in [2.24, 2.45) is 0 Å². The SMILES string of the molecule is Cc1cc(OC(F)F)c(C(=O)N(C)CC(C)(C)O)s1. The maximum atomic E-state index is 12.3. The number of nitrogens with zero attached hydrogens (tertiary/aromatic N) is 1. The molecule has 0 bridgehead atoms. The normalized spacial score (nSPS) is 11.8. The Hall–Kier alpha value is -1.21. The molecule has 0 fully saturated rings. The lowest BCUT2D eigenvalue weighted by molar-refractivity contribution is -0.0500. The van der Waals surface area contributed by atoms with E-state index >= 15 is 0 Å². The van der Waals surface area contributed by atoms with E-state index in [1.807, 2.05) is 0 Å². The highest BCUT2D eigenvalue weighted by atomic mass is 32.1. The predicted molar refractivity (Wildman–Crippen MR) is 68.9 cm³/mol. The lowest BCUT2D eigenvalue weighted by atomic mass is 10.1. The Balaban J connectivity index is 2.92. The zero-order chi connectivity index (χ0) is 14.8. The highest BCUT2D eigenvalue weighted by Gasteiger charge is 2.25. The number of thiophene rings is 1. The largest absolute Gasteiger partial charge is 0.433 e. The van der Waals surface area contributed by atoms with Crippen LogP contribution in [-0.4, -0.2) is 41.7 Å². The van der Waals surface area contributed by atoms with Crippen LogP contribution < -0.4 is 4.74 Å². The molecule has 4 nitrogen and oxygen atoms in total. The lowest BCUT2D eigenvalue weighted by Gasteiger charge is -2.25. The summed E-state index contributed by atoms with van der Waals surface area (Å²) in [6.45, 7) is 1.95. The van der Waals surface area contributed by atoms with Gasteiger partial charge in [-0.1, -0.05) is 0 Å². The van der Waals surface area contributed by atoms with Gasteiger partial charge in [-0.05, 0) is 26.8 Å². The van der Waals surface area contributed by atoms with E-state index in [0.29, 0.717) is 4.88 Å². The van der Waals surface area contributed by atoms with Crippen LogP contribution in [0.4, 0.5) is 8.78 Å². The van der Waals surface area contributed by atoms with Crippen molar-refractivity contribution < 1.29 is 23.4 Å². The summed E-state index contributed by atoms with van der Waals surface area (Å²) in [5.74, 6) is -0.569. The number of halogens is 2. The van der Waals surface area contributed by atoms with E-state index in [1.165, 1.54) is 18.0 Å². The highest BCUT2D eigenvalue weighted by molar-refractivity contribution is 7.14. The van der Waals surface area contributed by atoms with Crippen LogP contribution in [0.2, 0.25) is 0 Å². The molecule has 0 radical (unpaired) electrons. The molecule has 0 aliphatic rings. The maximum absolute atomic E-state index is 12.3. The van der Waals surface area contributed by atoms with Gasteiger partial charge in [-0.25, -0.2) is 0 Å². The third-order valence-corrected chi connectivity index (χ3v) is 3.22. The first-order valence-electron chi connectivity index (χ1n) is 5.63. The third kappa shape index (κ3) is 4.76. The molecule has 108 valence electrons. The second-order valence-corrected chi connectivity index (χ2v) is 6.16. The molecule has 1 aromatic rings. The number of rotatable bonds is 5. The van der Waals surface area contributed by atoms with Gasteiger partial charge in [-0.3, -0.25) is 4.79 Å². The molecule has 0 aromatic carbocycles. The number of likely N-dealkylation sites (N-methyl/N-ethyl adjacent to an activating group) is 1. The van der Waals surface area contributed by atoms with Crippen LogP contribution in [0.15, 0.2) is 6.07 Å². The van der Waals surface area contributed by atoms with Crippen molar-refractivity contribution in [3.63, 3.8) is 0 Å². The van der Waals surface area contributed by atoms with Gasteiger partial charge < -0.3 is 14.7 Å². The Morgan fingerprint density at radius 1 is 1.58 bits per heavy atom. The molecular weight excluding hydrogens is 276 g/mol. The molecule has 7 heteroatoms. The Bertz CT molecular complexity index is 454. The summed E-state index contributed by atoms with van der Waals surface area (Å²) < 4.78 is 28.9. The maximum Gasteiger partial charge on any atom is 0.387 e. The topological polar surface area (TPSA) is 49.8 Å². The zero-order valence-corrected chi connectivity index (χ0v) is 12.1. The summed E-state index contributed by atoms with van der Waals surface area (Å²) in [6.07, 6.45) is 0. The average molecular weight is 293 g/mol. The van der Waals surface area contributed by atoms with E-state index < -0.39 is 18.1 Å². The van der Waals surface area contributed by atoms with Crippen molar-refractivity contribution >= 4 is 17.2 Å². The molecule has 1 rings (SSSR count). The van der Waals surface area contributed by atoms with Gasteiger partial charge in [0.05, 0.1) is 5.60 Å². The van der Waals surface area contributed by atoms with Gasteiger partial charge in [-0.15, -0.1) is 11.3 Å². The van der Waals surface area contributed by atoms with Gasteiger partial charge in [0.25, 0.3) is 5.91 Å². The monoisotopic (exact) mass is 293 g/mol. The average Bonchev–Trinajstić information content (AvgIpc) is 2.54. The van der Waals surface area contributed by atoms with Crippen LogP contribution in [-0.2, 0) is 0 Å². The van der Waals surface area contributed by atoms with Crippen molar-refractivity contribution in [3.8, 4) is 5.75 Å². The Kier molecular flexibility index (Phi) is 4.86. The van der Waals surface area contributed by atoms with E-state index in [2.05, 4.69) is 4.74 Å². The molecule has 0 aliphatic carbocycles. The molecule has 1 amide bonds. The number of carbonyl (C=O) groups excluding carboxylic acids is 1. The first-order valence-corrected chi connectivity index (χ1v) is 6.45. The molecule has 0 saturated heterocycles. The van der Waals surface area contributed by atoms with Crippen molar-refractivity contribution in [1.82, 2.24) is 4.90 Å². The van der Waals surface area contributed by atoms with Gasteiger partial charge in [-0.2, -0.15) is 8.78 Å². The highest BCUT2D eigenvalue weighted by Crippen LogP contribution is 2.31. The molecule has 0 atom stereocenters. The van der Waals surface area contributed by atoms with Crippen LogP contribution in [0.5, 0.6) is 5.75 Å². The number of ether oxygens (including phenoxy) is 1. The number of hydrogen-bond acceptors (Lipinski definition) is 4. The molecule has 0 spiro atoms. The molecule has 0 saturated carbocycles. The number of alkyl halides is 2. The van der Waals surface area contributed by atoms with Gasteiger partial charge in [0.1, 0.15) is 10.6 Å². The minimum absolute atomic E-state index is 0.0941. The van der Waals surface area contributed by atoms with Crippen molar-refractivity contribution in [2.45, 2.75) is 33.0 Å². The number of amides is 1. The zero-order valence-electron chi connectivity index (χ0n) is 11.2. The number of carbonyl (C=O) groups is 1. The quantitative estimate of drug-likeness (QED) is 0.907. The van der Waals surface area contributed by atoms with E-state index in [4.69, 9.17) is 0 Å². The van der Waals surface area contributed by atoms with Gasteiger partial charge in [0, 0.05) is 18.5 Å². The molecular formula is C12H17F2NO3S. The fourth-order valence-electron chi connectivity index (χ4n) is 1.65. The first kappa shape index (κ1) is 15.8. The van der Waals surface area contributed by atoms with Crippen molar-refractivity contribution in [2.75, 3.05) is 13.6 Å². The summed E-state index contributed by atoms with van der Waals surface area (Å²) in [7, 11) is 1.50.